The fraction of sp³-hybridized carbons (Fsp3) is 0.200. The summed E-state index contributed by atoms with van der Waals surface area (Å²) in [5.74, 6) is -2.37. The van der Waals surface area contributed by atoms with Crippen LogP contribution in [-0.2, 0) is 14.3 Å². The number of fused-ring (bicyclic) bond motifs is 1. The van der Waals surface area contributed by atoms with Gasteiger partial charge in [0.05, 0.1) is 17.0 Å². The predicted molar refractivity (Wildman–Crippen MR) is 94.8 cm³/mol. The molecule has 2 heterocycles. The number of hydrogen-bond donors (Lipinski definition) is 0. The van der Waals surface area contributed by atoms with Gasteiger partial charge in [-0.3, -0.25) is 19.2 Å². The van der Waals surface area contributed by atoms with E-state index in [1.165, 1.54) is 4.90 Å². The minimum Gasteiger partial charge on any atom is -0.443 e. The minimum absolute atomic E-state index is 0.0375. The Hall–Kier alpha value is -3.48. The highest BCUT2D eigenvalue weighted by atomic mass is 16.5. The van der Waals surface area contributed by atoms with Crippen molar-refractivity contribution in [3.8, 4) is 0 Å². The Morgan fingerprint density at radius 1 is 0.926 bits per heavy atom. The number of esters is 1. The van der Waals surface area contributed by atoms with Crippen molar-refractivity contribution in [2.45, 2.75) is 6.42 Å². The molecule has 0 aromatic heterocycles. The molecule has 3 amide bonds. The third kappa shape index (κ3) is 2.97. The number of anilines is 1. The van der Waals surface area contributed by atoms with Gasteiger partial charge in [-0.05, 0) is 24.3 Å². The van der Waals surface area contributed by atoms with Crippen molar-refractivity contribution in [3.63, 3.8) is 0 Å². The lowest BCUT2D eigenvalue weighted by molar-refractivity contribution is -0.151. The largest absolute Gasteiger partial charge is 0.443 e. The van der Waals surface area contributed by atoms with Crippen LogP contribution in [0.1, 0.15) is 27.1 Å². The molecule has 0 aliphatic carbocycles. The van der Waals surface area contributed by atoms with Crippen LogP contribution in [0.4, 0.5) is 5.69 Å². The van der Waals surface area contributed by atoms with Gasteiger partial charge < -0.3 is 9.64 Å². The number of ether oxygens (including phenoxy) is 1. The number of rotatable bonds is 4. The molecule has 2 aliphatic heterocycles. The fourth-order valence-corrected chi connectivity index (χ4v) is 3.33. The molecule has 0 radical (unpaired) electrons. The number of imide groups is 1. The molecule has 0 saturated carbocycles. The van der Waals surface area contributed by atoms with Crippen LogP contribution in [0.3, 0.4) is 0 Å². The van der Waals surface area contributed by atoms with Crippen LogP contribution >= 0.6 is 0 Å². The van der Waals surface area contributed by atoms with Crippen molar-refractivity contribution in [2.75, 3.05) is 18.2 Å². The van der Waals surface area contributed by atoms with E-state index < -0.39 is 30.4 Å². The molecule has 2 aromatic carbocycles. The Morgan fingerprint density at radius 3 is 2.15 bits per heavy atom. The molecule has 7 heteroatoms. The van der Waals surface area contributed by atoms with Gasteiger partial charge in [0.1, 0.15) is 0 Å². The molecular formula is C20H16N2O5. The molecule has 0 bridgehead atoms. The number of para-hydroxylation sites is 1. The topological polar surface area (TPSA) is 84.0 Å². The van der Waals surface area contributed by atoms with Gasteiger partial charge in [0.15, 0.2) is 6.73 Å². The van der Waals surface area contributed by atoms with Crippen LogP contribution in [0.5, 0.6) is 0 Å². The highest BCUT2D eigenvalue weighted by molar-refractivity contribution is 6.21. The first-order valence-electron chi connectivity index (χ1n) is 8.53. The Balaban J connectivity index is 1.39. The quantitative estimate of drug-likeness (QED) is 0.611. The standard InChI is InChI=1S/C20H16N2O5/c23-17-10-13(11-21(17)14-6-2-1-3-7-14)20(26)27-12-22-18(24)15-8-4-5-9-16(15)19(22)25/h1-9,13H,10-12H2/t13-/m1/s1. The number of nitrogens with zero attached hydrogens (tertiary/aromatic N) is 2. The second-order valence-corrected chi connectivity index (χ2v) is 6.42. The third-order valence-electron chi connectivity index (χ3n) is 4.74. The summed E-state index contributed by atoms with van der Waals surface area (Å²) in [4.78, 5) is 51.6. The van der Waals surface area contributed by atoms with Crippen LogP contribution in [0.2, 0.25) is 0 Å². The van der Waals surface area contributed by atoms with E-state index in [-0.39, 0.29) is 18.9 Å². The molecule has 2 aliphatic rings. The smallest absolute Gasteiger partial charge is 0.313 e. The molecule has 1 fully saturated rings. The van der Waals surface area contributed by atoms with E-state index in [1.54, 1.807) is 36.4 Å². The van der Waals surface area contributed by atoms with E-state index in [2.05, 4.69) is 0 Å². The highest BCUT2D eigenvalue weighted by Gasteiger charge is 2.39. The van der Waals surface area contributed by atoms with E-state index in [0.29, 0.717) is 11.1 Å². The summed E-state index contributed by atoms with van der Waals surface area (Å²) in [5.41, 5.74) is 1.31. The highest BCUT2D eigenvalue weighted by Crippen LogP contribution is 2.26. The summed E-state index contributed by atoms with van der Waals surface area (Å²) in [6, 6.07) is 15.5. The molecule has 136 valence electrons. The molecule has 7 nitrogen and oxygen atoms in total. The van der Waals surface area contributed by atoms with Gasteiger partial charge in [0, 0.05) is 18.7 Å². The Morgan fingerprint density at radius 2 is 1.52 bits per heavy atom. The number of hydrogen-bond acceptors (Lipinski definition) is 5. The van der Waals surface area contributed by atoms with Gasteiger partial charge in [-0.15, -0.1) is 0 Å². The molecule has 0 unspecified atom stereocenters. The van der Waals surface area contributed by atoms with Crippen LogP contribution in [0.15, 0.2) is 54.6 Å². The summed E-state index contributed by atoms with van der Waals surface area (Å²) >= 11 is 0. The first kappa shape index (κ1) is 17.0. The molecule has 4 rings (SSSR count). The molecular weight excluding hydrogens is 348 g/mol. The first-order valence-corrected chi connectivity index (χ1v) is 8.53. The normalized spacial score (nSPS) is 18.8. The predicted octanol–water partition coefficient (Wildman–Crippen LogP) is 1.84. The second-order valence-electron chi connectivity index (χ2n) is 6.42. The van der Waals surface area contributed by atoms with Gasteiger partial charge in [-0.1, -0.05) is 30.3 Å². The lowest BCUT2D eigenvalue weighted by Crippen LogP contribution is -2.35. The van der Waals surface area contributed by atoms with Gasteiger partial charge >= 0.3 is 5.97 Å². The van der Waals surface area contributed by atoms with E-state index in [0.717, 1.165) is 10.6 Å². The maximum Gasteiger partial charge on any atom is 0.313 e. The van der Waals surface area contributed by atoms with Crippen molar-refractivity contribution >= 4 is 29.4 Å². The number of amides is 3. The molecule has 1 atom stereocenters. The zero-order valence-electron chi connectivity index (χ0n) is 14.3. The number of carbonyl (C=O) groups is 4. The zero-order chi connectivity index (χ0) is 19.0. The van der Waals surface area contributed by atoms with Crippen molar-refractivity contribution in [3.05, 3.63) is 65.7 Å². The van der Waals surface area contributed by atoms with E-state index >= 15 is 0 Å². The van der Waals surface area contributed by atoms with Crippen LogP contribution < -0.4 is 4.90 Å². The molecule has 0 N–H and O–H groups in total. The number of benzene rings is 2. The average Bonchev–Trinajstić information content (AvgIpc) is 3.20. The lowest BCUT2D eigenvalue weighted by atomic mass is 10.1. The van der Waals surface area contributed by atoms with Crippen LogP contribution in [0.25, 0.3) is 0 Å². The molecule has 0 spiro atoms. The monoisotopic (exact) mass is 364 g/mol. The maximum absolute atomic E-state index is 12.4. The van der Waals surface area contributed by atoms with Gasteiger partial charge in [0.2, 0.25) is 5.91 Å². The van der Waals surface area contributed by atoms with Crippen molar-refractivity contribution in [1.29, 1.82) is 0 Å². The minimum atomic E-state index is -0.632. The zero-order valence-corrected chi connectivity index (χ0v) is 14.3. The van der Waals surface area contributed by atoms with Gasteiger partial charge in [-0.2, -0.15) is 0 Å². The average molecular weight is 364 g/mol. The maximum atomic E-state index is 12.4. The van der Waals surface area contributed by atoms with Gasteiger partial charge in [-0.25, -0.2) is 4.90 Å². The number of carbonyl (C=O) groups excluding carboxylic acids is 4. The molecule has 2 aromatic rings. The van der Waals surface area contributed by atoms with E-state index in [9.17, 15) is 19.2 Å². The van der Waals surface area contributed by atoms with Gasteiger partial charge in [0.25, 0.3) is 11.8 Å². The van der Waals surface area contributed by atoms with Crippen molar-refractivity contribution in [2.24, 2.45) is 5.92 Å². The molecule has 27 heavy (non-hydrogen) atoms. The summed E-state index contributed by atoms with van der Waals surface area (Å²) in [6.45, 7) is -0.245. The SMILES string of the molecule is O=C(OCN1C(=O)c2ccccc2C1=O)[C@@H]1CC(=O)N(c2ccccc2)C1. The van der Waals surface area contributed by atoms with Crippen LogP contribution in [0, 0.1) is 5.92 Å². The van der Waals surface area contributed by atoms with Crippen molar-refractivity contribution < 1.29 is 23.9 Å². The summed E-state index contributed by atoms with van der Waals surface area (Å²) in [7, 11) is 0. The molecule has 1 saturated heterocycles. The second kappa shape index (κ2) is 6.68. The first-order chi connectivity index (χ1) is 13.1. The van der Waals surface area contributed by atoms with Crippen LogP contribution in [-0.4, -0.2) is 41.9 Å². The van der Waals surface area contributed by atoms with Crippen molar-refractivity contribution in [1.82, 2.24) is 4.90 Å². The Bertz CT molecular complexity index is 905. The van der Waals surface area contributed by atoms with E-state index in [4.69, 9.17) is 4.74 Å². The Labute approximate surface area is 155 Å². The van der Waals surface area contributed by atoms with E-state index in [1.807, 2.05) is 18.2 Å². The Kier molecular flexibility index (Phi) is 4.19. The summed E-state index contributed by atoms with van der Waals surface area (Å²) in [5, 5.41) is 0. The fourth-order valence-electron chi connectivity index (χ4n) is 3.33. The third-order valence-corrected chi connectivity index (χ3v) is 4.74. The summed E-state index contributed by atoms with van der Waals surface area (Å²) < 4.78 is 5.18. The lowest BCUT2D eigenvalue weighted by Gasteiger charge is -2.17. The summed E-state index contributed by atoms with van der Waals surface area (Å²) in [6.07, 6.45) is 0.0375.